The Hall–Kier alpha value is -4.01. The second-order valence-electron chi connectivity index (χ2n) is 9.46. The molecule has 0 bridgehead atoms. The van der Waals surface area contributed by atoms with E-state index in [-0.39, 0.29) is 12.4 Å². The lowest BCUT2D eigenvalue weighted by atomic mass is 9.86. The van der Waals surface area contributed by atoms with Crippen LogP contribution in [0, 0.1) is 5.82 Å². The third kappa shape index (κ3) is 6.19. The van der Waals surface area contributed by atoms with E-state index in [1.54, 1.807) is 65.7 Å². The van der Waals surface area contributed by atoms with Crippen LogP contribution in [0.4, 0.5) is 8.78 Å². The van der Waals surface area contributed by atoms with Crippen molar-refractivity contribution in [3.8, 4) is 23.0 Å². The van der Waals surface area contributed by atoms with Crippen LogP contribution in [-0.2, 0) is 23.4 Å². The Morgan fingerprint density at radius 1 is 0.872 bits per heavy atom. The highest BCUT2D eigenvalue weighted by Gasteiger charge is 2.39. The van der Waals surface area contributed by atoms with Gasteiger partial charge >= 0.3 is 0 Å². The summed E-state index contributed by atoms with van der Waals surface area (Å²) < 4.78 is 57.2. The average molecular weight is 541 g/mol. The third-order valence-corrected chi connectivity index (χ3v) is 6.85. The van der Waals surface area contributed by atoms with Gasteiger partial charge in [0.25, 0.3) is 6.02 Å². The van der Waals surface area contributed by atoms with E-state index in [1.165, 1.54) is 6.07 Å². The fraction of sp³-hybridized carbons (Fsp3) is 0.367. The topological polar surface area (TPSA) is 61.8 Å². The number of methoxy groups -OCH3 is 4. The van der Waals surface area contributed by atoms with Gasteiger partial charge < -0.3 is 28.6 Å². The standard InChI is InChI=1S/C30H34F2N2O5/c1-30(25-8-6-7-9-26(25)32)16-24(17-31)39-29(33-30)34(18-20-10-12-22(35-2)14-27(20)37-4)19-21-11-13-23(36-3)15-28(21)38-5/h6-15,24H,16-19H2,1-5H3/t24-,30-/m0/s1. The minimum atomic E-state index is -1.04. The van der Waals surface area contributed by atoms with Crippen molar-refractivity contribution in [2.24, 2.45) is 4.99 Å². The van der Waals surface area contributed by atoms with Crippen molar-refractivity contribution in [1.29, 1.82) is 0 Å². The van der Waals surface area contributed by atoms with Crippen LogP contribution in [-0.4, -0.2) is 52.1 Å². The molecule has 0 amide bonds. The van der Waals surface area contributed by atoms with Crippen molar-refractivity contribution in [3.63, 3.8) is 0 Å². The molecule has 9 heteroatoms. The molecule has 0 unspecified atom stereocenters. The van der Waals surface area contributed by atoms with Crippen LogP contribution >= 0.6 is 0 Å². The molecule has 1 aliphatic heterocycles. The molecule has 208 valence electrons. The molecule has 0 aromatic heterocycles. The minimum absolute atomic E-state index is 0.194. The molecule has 0 radical (unpaired) electrons. The molecule has 1 aliphatic rings. The molecule has 0 spiro atoms. The van der Waals surface area contributed by atoms with Gasteiger partial charge in [-0.15, -0.1) is 0 Å². The molecular formula is C30H34F2N2O5. The molecule has 7 nitrogen and oxygen atoms in total. The van der Waals surface area contributed by atoms with Gasteiger partial charge in [-0.05, 0) is 37.3 Å². The Kier molecular flexibility index (Phi) is 8.79. The molecule has 1 heterocycles. The minimum Gasteiger partial charge on any atom is -0.497 e. The maximum atomic E-state index is 14.9. The highest BCUT2D eigenvalue weighted by molar-refractivity contribution is 5.76. The fourth-order valence-electron chi connectivity index (χ4n) is 4.78. The number of aliphatic imine (C=N–C) groups is 1. The summed E-state index contributed by atoms with van der Waals surface area (Å²) in [5.41, 5.74) is 0.995. The maximum Gasteiger partial charge on any atom is 0.289 e. The van der Waals surface area contributed by atoms with Crippen molar-refractivity contribution in [2.45, 2.75) is 38.1 Å². The molecule has 39 heavy (non-hydrogen) atoms. The zero-order chi connectivity index (χ0) is 28.0. The van der Waals surface area contributed by atoms with Gasteiger partial charge in [0.05, 0.1) is 47.1 Å². The lowest BCUT2D eigenvalue weighted by Crippen LogP contribution is -2.44. The summed E-state index contributed by atoms with van der Waals surface area (Å²) in [7, 11) is 6.33. The van der Waals surface area contributed by atoms with Crippen molar-refractivity contribution < 1.29 is 32.5 Å². The first-order valence-corrected chi connectivity index (χ1v) is 12.6. The first-order valence-electron chi connectivity index (χ1n) is 12.6. The molecular weight excluding hydrogens is 506 g/mol. The van der Waals surface area contributed by atoms with Gasteiger partial charge in [0.15, 0.2) is 0 Å². The van der Waals surface area contributed by atoms with Gasteiger partial charge in [-0.2, -0.15) is 0 Å². The summed E-state index contributed by atoms with van der Waals surface area (Å²) in [6.07, 6.45) is -0.611. The number of hydrogen-bond acceptors (Lipinski definition) is 7. The van der Waals surface area contributed by atoms with Gasteiger partial charge in [-0.25, -0.2) is 13.8 Å². The molecule has 3 aromatic rings. The molecule has 2 atom stereocenters. The summed E-state index contributed by atoms with van der Waals surface area (Å²) in [5.74, 6) is 2.11. The summed E-state index contributed by atoms with van der Waals surface area (Å²) in [4.78, 5) is 6.77. The largest absolute Gasteiger partial charge is 0.497 e. The van der Waals surface area contributed by atoms with Crippen molar-refractivity contribution in [2.75, 3.05) is 35.1 Å². The van der Waals surface area contributed by atoms with Crippen LogP contribution in [0.1, 0.15) is 30.0 Å². The lowest BCUT2D eigenvalue weighted by Gasteiger charge is -2.39. The first-order chi connectivity index (χ1) is 18.8. The van der Waals surface area contributed by atoms with E-state index in [9.17, 15) is 8.78 Å². The number of halogens is 2. The molecule has 4 rings (SSSR count). The Morgan fingerprint density at radius 3 is 1.92 bits per heavy atom. The fourth-order valence-corrected chi connectivity index (χ4v) is 4.78. The van der Waals surface area contributed by atoms with Crippen LogP contribution in [0.2, 0.25) is 0 Å². The van der Waals surface area contributed by atoms with Gasteiger partial charge in [0.2, 0.25) is 0 Å². The molecule has 0 aliphatic carbocycles. The van der Waals surface area contributed by atoms with Gasteiger partial charge in [-0.3, -0.25) is 0 Å². The quantitative estimate of drug-likeness (QED) is 0.320. The number of hydrogen-bond donors (Lipinski definition) is 0. The van der Waals surface area contributed by atoms with Crippen LogP contribution in [0.5, 0.6) is 23.0 Å². The molecule has 0 saturated heterocycles. The van der Waals surface area contributed by atoms with E-state index in [2.05, 4.69) is 0 Å². The summed E-state index contributed by atoms with van der Waals surface area (Å²) in [6, 6.07) is 17.7. The normalized spacial score (nSPS) is 18.5. The molecule has 0 fully saturated rings. The summed E-state index contributed by atoms with van der Waals surface area (Å²) in [5, 5.41) is 0. The van der Waals surface area contributed by atoms with Crippen LogP contribution in [0.25, 0.3) is 0 Å². The average Bonchev–Trinajstić information content (AvgIpc) is 2.96. The SMILES string of the molecule is COc1ccc(CN(Cc2ccc(OC)cc2OC)C2=N[C@](C)(c3ccccc3F)C[C@@H](CF)O2)c(OC)c1. The molecule has 0 saturated carbocycles. The molecule has 3 aromatic carbocycles. The summed E-state index contributed by atoms with van der Waals surface area (Å²) in [6.45, 7) is 1.66. The predicted molar refractivity (Wildman–Crippen MR) is 145 cm³/mol. The van der Waals surface area contributed by atoms with Crippen molar-refractivity contribution in [1.82, 2.24) is 4.90 Å². The molecule has 0 N–H and O–H groups in total. The lowest BCUT2D eigenvalue weighted by molar-refractivity contribution is 0.0667. The Balaban J connectivity index is 1.81. The predicted octanol–water partition coefficient (Wildman–Crippen LogP) is 5.89. The highest BCUT2D eigenvalue weighted by atomic mass is 19.1. The number of amidine groups is 1. The van der Waals surface area contributed by atoms with Gasteiger partial charge in [0, 0.05) is 35.2 Å². The number of alkyl halides is 1. The third-order valence-electron chi connectivity index (χ3n) is 6.85. The highest BCUT2D eigenvalue weighted by Crippen LogP contribution is 2.38. The van der Waals surface area contributed by atoms with E-state index in [1.807, 2.05) is 29.2 Å². The maximum absolute atomic E-state index is 14.9. The van der Waals surface area contributed by atoms with Gasteiger partial charge in [0.1, 0.15) is 41.6 Å². The van der Waals surface area contributed by atoms with E-state index in [0.717, 1.165) is 11.1 Å². The van der Waals surface area contributed by atoms with Crippen LogP contribution < -0.4 is 18.9 Å². The summed E-state index contributed by atoms with van der Waals surface area (Å²) >= 11 is 0. The Bertz CT molecular complexity index is 1260. The Labute approximate surface area is 227 Å². The van der Waals surface area contributed by atoms with Crippen molar-refractivity contribution in [3.05, 3.63) is 83.2 Å². The van der Waals surface area contributed by atoms with E-state index < -0.39 is 24.1 Å². The van der Waals surface area contributed by atoms with Crippen LogP contribution in [0.15, 0.2) is 65.7 Å². The number of ether oxygens (including phenoxy) is 5. The smallest absolute Gasteiger partial charge is 0.289 e. The van der Waals surface area contributed by atoms with Crippen LogP contribution in [0.3, 0.4) is 0 Å². The van der Waals surface area contributed by atoms with Gasteiger partial charge in [-0.1, -0.05) is 18.2 Å². The first kappa shape index (κ1) is 28.0. The second kappa shape index (κ2) is 12.2. The van der Waals surface area contributed by atoms with E-state index in [4.69, 9.17) is 28.7 Å². The zero-order valence-electron chi connectivity index (χ0n) is 22.9. The number of rotatable bonds is 10. The van der Waals surface area contributed by atoms with E-state index in [0.29, 0.717) is 41.7 Å². The number of benzene rings is 3. The number of nitrogens with zero attached hydrogens (tertiary/aromatic N) is 2. The van der Waals surface area contributed by atoms with E-state index >= 15 is 0 Å². The monoisotopic (exact) mass is 540 g/mol. The Morgan fingerprint density at radius 2 is 1.44 bits per heavy atom. The van der Waals surface area contributed by atoms with Crippen molar-refractivity contribution >= 4 is 6.02 Å². The zero-order valence-corrected chi connectivity index (χ0v) is 22.9. The second-order valence-corrected chi connectivity index (χ2v) is 9.46.